The number of benzene rings is 1. The number of aromatic amines is 1. The second-order valence-corrected chi connectivity index (χ2v) is 8.00. The Bertz CT molecular complexity index is 1440. The highest BCUT2D eigenvalue weighted by Crippen LogP contribution is 2.37. The molecule has 0 radical (unpaired) electrons. The van der Waals surface area contributed by atoms with Crippen LogP contribution in [0, 0.1) is 13.8 Å². The maximum atomic E-state index is 12.8. The Morgan fingerprint density at radius 3 is 2.39 bits per heavy atom. The summed E-state index contributed by atoms with van der Waals surface area (Å²) in [6.07, 6.45) is -1.03. The van der Waals surface area contributed by atoms with Gasteiger partial charge in [-0.2, -0.15) is 13.2 Å². The highest BCUT2D eigenvalue weighted by Gasteiger charge is 2.27. The van der Waals surface area contributed by atoms with Crippen molar-refractivity contribution in [3.63, 3.8) is 0 Å². The first-order valence-electron chi connectivity index (χ1n) is 10.3. The molecule has 0 saturated carbocycles. The molecule has 0 amide bonds. The second-order valence-electron chi connectivity index (χ2n) is 8.00. The summed E-state index contributed by atoms with van der Waals surface area (Å²) >= 11 is 0. The molecule has 3 aromatic heterocycles. The first-order chi connectivity index (χ1) is 15.5. The molecule has 0 fully saturated rings. The van der Waals surface area contributed by atoms with Crippen LogP contribution < -0.4 is 15.9 Å². The minimum atomic E-state index is -4.40. The molecule has 1 aromatic carbocycles. The first kappa shape index (κ1) is 22.4. The Hall–Kier alpha value is -3.75. The predicted octanol–water partition coefficient (Wildman–Crippen LogP) is 5.06. The number of para-hydroxylation sites is 1. The lowest BCUT2D eigenvalue weighted by molar-refractivity contribution is -0.136. The maximum Gasteiger partial charge on any atom is 0.390 e. The topological polar surface area (TPSA) is 69.0 Å². The fraction of sp³-hybridized carbons (Fsp3) is 0.250. The summed E-state index contributed by atoms with van der Waals surface area (Å²) in [6.45, 7) is 3.19. The zero-order valence-corrected chi connectivity index (χ0v) is 18.3. The van der Waals surface area contributed by atoms with Crippen LogP contribution in [-0.2, 0) is 13.6 Å². The van der Waals surface area contributed by atoms with Gasteiger partial charge >= 0.3 is 6.18 Å². The number of ether oxygens (including phenoxy) is 1. The summed E-state index contributed by atoms with van der Waals surface area (Å²) in [4.78, 5) is 28.1. The molecule has 1 N–H and O–H groups in total. The molecule has 4 aromatic rings. The summed E-state index contributed by atoms with van der Waals surface area (Å²) in [5, 5.41) is 0.580. The van der Waals surface area contributed by atoms with Gasteiger partial charge in [0.25, 0.3) is 11.1 Å². The van der Waals surface area contributed by atoms with Gasteiger partial charge in [0.05, 0.1) is 12.6 Å². The van der Waals surface area contributed by atoms with E-state index in [9.17, 15) is 22.8 Å². The van der Waals surface area contributed by atoms with E-state index in [1.807, 2.05) is 32.0 Å². The molecule has 0 atom stereocenters. The molecular weight excluding hydrogens is 435 g/mol. The molecule has 3 heterocycles. The second kappa shape index (κ2) is 8.31. The molecule has 6 nitrogen and oxygen atoms in total. The number of aromatic nitrogens is 3. The van der Waals surface area contributed by atoms with Crippen LogP contribution in [0.15, 0.2) is 58.5 Å². The molecule has 9 heteroatoms. The van der Waals surface area contributed by atoms with E-state index in [-0.39, 0.29) is 11.3 Å². The summed E-state index contributed by atoms with van der Waals surface area (Å²) in [7, 11) is 1.59. The van der Waals surface area contributed by atoms with Crippen molar-refractivity contribution in [3.05, 3.63) is 80.8 Å². The Labute approximate surface area is 186 Å². The van der Waals surface area contributed by atoms with Crippen LogP contribution in [0.4, 0.5) is 13.2 Å². The van der Waals surface area contributed by atoms with Gasteiger partial charge in [-0.25, -0.2) is 0 Å². The quantitative estimate of drug-likeness (QED) is 0.456. The molecule has 0 unspecified atom stereocenters. The number of nitrogens with zero attached hydrogens (tertiary/aromatic N) is 2. The van der Waals surface area contributed by atoms with Gasteiger partial charge in [0.15, 0.2) is 5.75 Å². The zero-order valence-electron chi connectivity index (χ0n) is 18.3. The lowest BCUT2D eigenvalue weighted by atomic mass is 10.0. The molecule has 0 saturated heterocycles. The fourth-order valence-electron chi connectivity index (χ4n) is 3.82. The van der Waals surface area contributed by atoms with Crippen LogP contribution in [0.1, 0.15) is 17.5 Å². The Kier molecular flexibility index (Phi) is 5.65. The van der Waals surface area contributed by atoms with Crippen LogP contribution >= 0.6 is 0 Å². The standard InChI is InChI=1S/C24H22F3N3O3/c1-14-5-4-6-15(2)22(14)33-19-13-30(10-8-24(25,26)27)20(31)11-17(19)18-12-29(3)23(32)21-16(18)7-9-28-21/h4-7,9,11-13,28H,8,10H2,1-3H3. The van der Waals surface area contributed by atoms with Gasteiger partial charge in [0.2, 0.25) is 0 Å². The van der Waals surface area contributed by atoms with E-state index in [1.54, 1.807) is 25.5 Å². The van der Waals surface area contributed by atoms with Crippen molar-refractivity contribution >= 4 is 10.9 Å². The number of pyridine rings is 2. The highest BCUT2D eigenvalue weighted by atomic mass is 19.4. The third kappa shape index (κ3) is 4.44. The molecule has 172 valence electrons. The first-order valence-corrected chi connectivity index (χ1v) is 10.3. The van der Waals surface area contributed by atoms with Crippen molar-refractivity contribution in [2.45, 2.75) is 33.0 Å². The number of nitrogens with one attached hydrogen (secondary N) is 1. The molecule has 0 aliphatic rings. The van der Waals surface area contributed by atoms with Crippen molar-refractivity contribution in [1.82, 2.24) is 14.1 Å². The number of halogens is 3. The average Bonchev–Trinajstić information content (AvgIpc) is 3.23. The van der Waals surface area contributed by atoms with Crippen molar-refractivity contribution in [3.8, 4) is 22.6 Å². The van der Waals surface area contributed by atoms with Crippen LogP contribution in [0.5, 0.6) is 11.5 Å². The normalized spacial score (nSPS) is 11.8. The average molecular weight is 457 g/mol. The Morgan fingerprint density at radius 2 is 1.73 bits per heavy atom. The van der Waals surface area contributed by atoms with E-state index >= 15 is 0 Å². The van der Waals surface area contributed by atoms with E-state index in [2.05, 4.69) is 4.98 Å². The van der Waals surface area contributed by atoms with Gasteiger partial charge in [-0.15, -0.1) is 0 Å². The van der Waals surface area contributed by atoms with E-state index in [4.69, 9.17) is 4.74 Å². The Morgan fingerprint density at radius 1 is 1.03 bits per heavy atom. The largest absolute Gasteiger partial charge is 0.455 e. The van der Waals surface area contributed by atoms with Crippen LogP contribution in [0.25, 0.3) is 22.0 Å². The third-order valence-electron chi connectivity index (χ3n) is 5.53. The lowest BCUT2D eigenvalue weighted by Crippen LogP contribution is -2.23. The molecule has 33 heavy (non-hydrogen) atoms. The minimum absolute atomic E-state index is 0.218. The van der Waals surface area contributed by atoms with Gasteiger partial charge in [-0.05, 0) is 31.0 Å². The summed E-state index contributed by atoms with van der Waals surface area (Å²) in [5.74, 6) is 0.769. The van der Waals surface area contributed by atoms with Crippen LogP contribution in [0.3, 0.4) is 0 Å². The molecule has 0 aliphatic heterocycles. The molecule has 0 aliphatic carbocycles. The summed E-state index contributed by atoms with van der Waals surface area (Å²) in [6, 6.07) is 8.56. The SMILES string of the molecule is Cc1cccc(C)c1Oc1cn(CCC(F)(F)F)c(=O)cc1-c1cn(C)c(=O)c2[nH]ccc12. The monoisotopic (exact) mass is 457 g/mol. The van der Waals surface area contributed by atoms with Gasteiger partial charge < -0.3 is 18.9 Å². The van der Waals surface area contributed by atoms with E-state index < -0.39 is 24.7 Å². The zero-order chi connectivity index (χ0) is 23.9. The number of aryl methyl sites for hydroxylation is 4. The number of hydrogen-bond acceptors (Lipinski definition) is 3. The number of alkyl halides is 3. The van der Waals surface area contributed by atoms with Crippen molar-refractivity contribution in [1.29, 1.82) is 0 Å². The highest BCUT2D eigenvalue weighted by molar-refractivity contribution is 5.95. The summed E-state index contributed by atoms with van der Waals surface area (Å²) in [5.41, 5.74) is 2.12. The van der Waals surface area contributed by atoms with Crippen molar-refractivity contribution < 1.29 is 17.9 Å². The lowest BCUT2D eigenvalue weighted by Gasteiger charge is -2.18. The number of rotatable bonds is 5. The Balaban J connectivity index is 1.94. The maximum absolute atomic E-state index is 12.8. The van der Waals surface area contributed by atoms with Gasteiger partial charge in [-0.1, -0.05) is 18.2 Å². The third-order valence-corrected chi connectivity index (χ3v) is 5.53. The predicted molar refractivity (Wildman–Crippen MR) is 120 cm³/mol. The van der Waals surface area contributed by atoms with E-state index in [0.29, 0.717) is 27.8 Å². The van der Waals surface area contributed by atoms with Crippen LogP contribution in [0.2, 0.25) is 0 Å². The van der Waals surface area contributed by atoms with E-state index in [1.165, 1.54) is 16.8 Å². The number of H-pyrrole nitrogens is 1. The van der Waals surface area contributed by atoms with Gasteiger partial charge in [0, 0.05) is 48.6 Å². The van der Waals surface area contributed by atoms with Crippen LogP contribution in [-0.4, -0.2) is 20.3 Å². The summed E-state index contributed by atoms with van der Waals surface area (Å²) < 4.78 is 47.0. The molecule has 0 spiro atoms. The smallest absolute Gasteiger partial charge is 0.390 e. The minimum Gasteiger partial charge on any atom is -0.455 e. The van der Waals surface area contributed by atoms with Gasteiger partial charge in [0.1, 0.15) is 11.3 Å². The molecule has 4 rings (SSSR count). The number of hydrogen-bond donors (Lipinski definition) is 1. The number of fused-ring (bicyclic) bond motifs is 1. The van der Waals surface area contributed by atoms with Crippen molar-refractivity contribution in [2.75, 3.05) is 0 Å². The fourth-order valence-corrected chi connectivity index (χ4v) is 3.82. The molecular formula is C24H22F3N3O3. The van der Waals surface area contributed by atoms with Gasteiger partial charge in [-0.3, -0.25) is 9.59 Å². The van der Waals surface area contributed by atoms with Crippen molar-refractivity contribution in [2.24, 2.45) is 7.05 Å². The molecule has 0 bridgehead atoms. The van der Waals surface area contributed by atoms with E-state index in [0.717, 1.165) is 15.7 Å².